The Bertz CT molecular complexity index is 795. The van der Waals surface area contributed by atoms with Crippen LogP contribution in [-0.4, -0.2) is 65.8 Å². The summed E-state index contributed by atoms with van der Waals surface area (Å²) in [5, 5.41) is 7.18. The van der Waals surface area contributed by atoms with Gasteiger partial charge in [0.1, 0.15) is 0 Å². The molecular weight excluding hydrogens is 344 g/mol. The number of nitrogens with one attached hydrogen (secondary N) is 1. The number of ketones is 1. The molecule has 0 saturated carbocycles. The highest BCUT2D eigenvalue weighted by Crippen LogP contribution is 2.18. The van der Waals surface area contributed by atoms with Gasteiger partial charge < -0.3 is 10.1 Å². The zero-order valence-electron chi connectivity index (χ0n) is 15.9. The van der Waals surface area contributed by atoms with Gasteiger partial charge in [-0.2, -0.15) is 5.10 Å². The monoisotopic (exact) mass is 370 g/mol. The summed E-state index contributed by atoms with van der Waals surface area (Å²) in [6, 6.07) is 9.58. The van der Waals surface area contributed by atoms with Crippen molar-refractivity contribution in [3.05, 3.63) is 47.3 Å². The highest BCUT2D eigenvalue weighted by Gasteiger charge is 2.24. The second-order valence-corrected chi connectivity index (χ2v) is 6.69. The molecule has 1 fully saturated rings. The lowest BCUT2D eigenvalue weighted by Gasteiger charge is -2.26. The first-order valence-corrected chi connectivity index (χ1v) is 9.32. The predicted molar refractivity (Wildman–Crippen MR) is 102 cm³/mol. The molecule has 1 N–H and O–H groups in total. The fourth-order valence-electron chi connectivity index (χ4n) is 3.32. The Labute approximate surface area is 159 Å². The van der Waals surface area contributed by atoms with Gasteiger partial charge in [0, 0.05) is 19.6 Å². The van der Waals surface area contributed by atoms with Gasteiger partial charge in [0.2, 0.25) is 0 Å². The molecule has 0 atom stereocenters. The molecule has 0 unspecified atom stereocenters. The number of carbonyl (C=O) groups excluding carboxylic acids is 2. The number of aromatic nitrogens is 2. The first-order valence-electron chi connectivity index (χ1n) is 9.32. The summed E-state index contributed by atoms with van der Waals surface area (Å²) in [5.74, 6) is -1.10. The quantitative estimate of drug-likeness (QED) is 0.454. The van der Waals surface area contributed by atoms with E-state index in [-0.39, 0.29) is 0 Å². The number of aryl methyl sites for hydroxylation is 1. The summed E-state index contributed by atoms with van der Waals surface area (Å²) in [6.45, 7) is 8.30. The number of morpholine rings is 1. The molecule has 144 valence electrons. The third-order valence-corrected chi connectivity index (χ3v) is 4.77. The summed E-state index contributed by atoms with van der Waals surface area (Å²) < 4.78 is 7.02. The van der Waals surface area contributed by atoms with Gasteiger partial charge in [-0.1, -0.05) is 18.2 Å². The van der Waals surface area contributed by atoms with E-state index in [4.69, 9.17) is 4.74 Å². The third kappa shape index (κ3) is 4.61. The molecule has 1 aliphatic heterocycles. The summed E-state index contributed by atoms with van der Waals surface area (Å²) in [4.78, 5) is 27.2. The van der Waals surface area contributed by atoms with Crippen molar-refractivity contribution in [3.8, 4) is 5.69 Å². The number of rotatable bonds is 7. The van der Waals surface area contributed by atoms with Crippen LogP contribution in [0.3, 0.4) is 0 Å². The molecule has 1 aromatic heterocycles. The average molecular weight is 370 g/mol. The maximum absolute atomic E-state index is 12.6. The largest absolute Gasteiger partial charge is 0.379 e. The SMILES string of the molecule is Cc1nn(-c2ccccc2)c(C)c1C(=O)C(=O)NCCCN1CCOCC1. The number of para-hydroxylation sites is 1. The molecule has 7 heteroatoms. The maximum Gasteiger partial charge on any atom is 0.292 e. The van der Waals surface area contributed by atoms with E-state index in [0.717, 1.165) is 45.0 Å². The summed E-state index contributed by atoms with van der Waals surface area (Å²) in [6.07, 6.45) is 0.806. The van der Waals surface area contributed by atoms with Crippen molar-refractivity contribution in [1.29, 1.82) is 0 Å². The number of ether oxygens (including phenoxy) is 1. The Balaban J connectivity index is 1.58. The Morgan fingerprint density at radius 2 is 1.85 bits per heavy atom. The van der Waals surface area contributed by atoms with Crippen molar-refractivity contribution in [2.75, 3.05) is 39.4 Å². The molecule has 1 amide bonds. The van der Waals surface area contributed by atoms with Crippen molar-refractivity contribution >= 4 is 11.7 Å². The maximum atomic E-state index is 12.6. The van der Waals surface area contributed by atoms with Crippen LogP contribution in [0.5, 0.6) is 0 Å². The predicted octanol–water partition coefficient (Wildman–Crippen LogP) is 1.51. The highest BCUT2D eigenvalue weighted by molar-refractivity contribution is 6.43. The lowest BCUT2D eigenvalue weighted by atomic mass is 10.1. The molecule has 27 heavy (non-hydrogen) atoms. The number of amides is 1. The van der Waals surface area contributed by atoms with Gasteiger partial charge in [0.05, 0.1) is 35.9 Å². The van der Waals surface area contributed by atoms with Crippen LogP contribution < -0.4 is 5.32 Å². The molecule has 0 spiro atoms. The zero-order valence-corrected chi connectivity index (χ0v) is 15.9. The first-order chi connectivity index (χ1) is 13.1. The fourth-order valence-corrected chi connectivity index (χ4v) is 3.32. The van der Waals surface area contributed by atoms with E-state index in [0.29, 0.717) is 23.5 Å². The van der Waals surface area contributed by atoms with Gasteiger partial charge in [0.15, 0.2) is 0 Å². The second-order valence-electron chi connectivity index (χ2n) is 6.69. The van der Waals surface area contributed by atoms with Gasteiger partial charge in [-0.3, -0.25) is 14.5 Å². The number of nitrogens with zero attached hydrogens (tertiary/aromatic N) is 3. The molecule has 3 rings (SSSR count). The molecule has 0 bridgehead atoms. The van der Waals surface area contributed by atoms with Crippen molar-refractivity contribution in [1.82, 2.24) is 20.0 Å². The van der Waals surface area contributed by atoms with Crippen molar-refractivity contribution < 1.29 is 14.3 Å². The second kappa shape index (κ2) is 8.92. The lowest BCUT2D eigenvalue weighted by Crippen LogP contribution is -2.39. The number of Topliss-reactive ketones (excluding diaryl/α,β-unsaturated/α-hetero) is 1. The molecule has 2 aromatic rings. The van der Waals surface area contributed by atoms with Crippen LogP contribution >= 0.6 is 0 Å². The number of hydrogen-bond acceptors (Lipinski definition) is 5. The van der Waals surface area contributed by atoms with Crippen LogP contribution in [0.15, 0.2) is 30.3 Å². The van der Waals surface area contributed by atoms with Crippen LogP contribution in [0.4, 0.5) is 0 Å². The van der Waals surface area contributed by atoms with E-state index in [1.165, 1.54) is 0 Å². The van der Waals surface area contributed by atoms with E-state index in [2.05, 4.69) is 15.3 Å². The van der Waals surface area contributed by atoms with Gasteiger partial charge in [-0.25, -0.2) is 4.68 Å². The summed E-state index contributed by atoms with van der Waals surface area (Å²) in [5.41, 5.74) is 2.48. The average Bonchev–Trinajstić information content (AvgIpc) is 3.00. The molecule has 1 saturated heterocycles. The van der Waals surface area contributed by atoms with Gasteiger partial charge in [-0.15, -0.1) is 0 Å². The number of hydrogen-bond donors (Lipinski definition) is 1. The molecule has 7 nitrogen and oxygen atoms in total. The smallest absolute Gasteiger partial charge is 0.292 e. The Morgan fingerprint density at radius 3 is 2.56 bits per heavy atom. The van der Waals surface area contributed by atoms with Crippen molar-refractivity contribution in [3.63, 3.8) is 0 Å². The normalized spacial score (nSPS) is 14.9. The van der Waals surface area contributed by atoms with Gasteiger partial charge in [0.25, 0.3) is 11.7 Å². The van der Waals surface area contributed by atoms with Gasteiger partial charge >= 0.3 is 0 Å². The number of carbonyl (C=O) groups is 2. The van der Waals surface area contributed by atoms with Crippen LogP contribution in [0.25, 0.3) is 5.69 Å². The van der Waals surface area contributed by atoms with Crippen LogP contribution in [0.1, 0.15) is 28.2 Å². The van der Waals surface area contributed by atoms with E-state index in [1.807, 2.05) is 37.3 Å². The van der Waals surface area contributed by atoms with Crippen LogP contribution in [-0.2, 0) is 9.53 Å². The topological polar surface area (TPSA) is 76.5 Å². The van der Waals surface area contributed by atoms with Crippen LogP contribution in [0, 0.1) is 13.8 Å². The molecule has 0 aliphatic carbocycles. The third-order valence-electron chi connectivity index (χ3n) is 4.77. The van der Waals surface area contributed by atoms with Gasteiger partial charge in [-0.05, 0) is 38.9 Å². The molecular formula is C20H26N4O3. The molecule has 0 radical (unpaired) electrons. The molecule has 1 aromatic carbocycles. The lowest BCUT2D eigenvalue weighted by molar-refractivity contribution is -0.117. The summed E-state index contributed by atoms with van der Waals surface area (Å²) >= 11 is 0. The van der Waals surface area contributed by atoms with E-state index in [9.17, 15) is 9.59 Å². The van der Waals surface area contributed by atoms with E-state index in [1.54, 1.807) is 11.6 Å². The minimum Gasteiger partial charge on any atom is -0.379 e. The zero-order chi connectivity index (χ0) is 19.2. The first kappa shape index (κ1) is 19.3. The number of benzene rings is 1. The minimum absolute atomic E-state index is 0.379. The Kier molecular flexibility index (Phi) is 6.36. The van der Waals surface area contributed by atoms with E-state index >= 15 is 0 Å². The Hall–Kier alpha value is -2.51. The molecule has 1 aliphatic rings. The van der Waals surface area contributed by atoms with Crippen molar-refractivity contribution in [2.45, 2.75) is 20.3 Å². The Morgan fingerprint density at radius 1 is 1.15 bits per heavy atom. The van der Waals surface area contributed by atoms with Crippen molar-refractivity contribution in [2.24, 2.45) is 0 Å². The fraction of sp³-hybridized carbons (Fsp3) is 0.450. The van der Waals surface area contributed by atoms with E-state index < -0.39 is 11.7 Å². The standard InChI is InChI=1S/C20H26N4O3/c1-15-18(16(2)24(22-15)17-7-4-3-5-8-17)19(25)20(26)21-9-6-10-23-11-13-27-14-12-23/h3-5,7-8H,6,9-14H2,1-2H3,(H,21,26). The molecule has 2 heterocycles. The highest BCUT2D eigenvalue weighted by atomic mass is 16.5. The van der Waals surface area contributed by atoms with Crippen LogP contribution in [0.2, 0.25) is 0 Å². The summed E-state index contributed by atoms with van der Waals surface area (Å²) in [7, 11) is 0. The minimum atomic E-state index is -0.573.